The second kappa shape index (κ2) is 13.5. The zero-order valence-electron chi connectivity index (χ0n) is 28.6. The van der Waals surface area contributed by atoms with Gasteiger partial charge in [-0.2, -0.15) is 0 Å². The van der Waals surface area contributed by atoms with Crippen LogP contribution in [0.25, 0.3) is 0 Å². The van der Waals surface area contributed by atoms with Crippen molar-refractivity contribution in [1.29, 1.82) is 0 Å². The standard InChI is InChI=1S/C48H44N2/c1-4-13-35(14-5-1)37-23-27-42(28-24-37)49(41-19-8-3-9-20-41)44-31-32-46-45-21-10-11-22-47(45)50(48(46)34-44)43-29-25-38(26-30-43)40-18-12-17-39(33-40)36-15-6-2-7-16-36/h1-21,23,25,27-29,31-32,37,39,47-48H,22,24,26,30,33-34H2. The molecule has 0 aromatic heterocycles. The van der Waals surface area contributed by atoms with Gasteiger partial charge in [0, 0.05) is 41.0 Å². The van der Waals surface area contributed by atoms with Crippen LogP contribution in [0.1, 0.15) is 61.5 Å². The van der Waals surface area contributed by atoms with Gasteiger partial charge in [0.05, 0.1) is 12.1 Å². The third kappa shape index (κ3) is 5.83. The Morgan fingerprint density at radius 2 is 1.30 bits per heavy atom. The van der Waals surface area contributed by atoms with Crippen molar-refractivity contribution in [2.24, 2.45) is 0 Å². The average Bonchev–Trinajstić information content (AvgIpc) is 3.53. The molecule has 1 saturated heterocycles. The first kappa shape index (κ1) is 30.7. The van der Waals surface area contributed by atoms with Crippen molar-refractivity contribution < 1.29 is 0 Å². The maximum atomic E-state index is 2.79. The summed E-state index contributed by atoms with van der Waals surface area (Å²) in [7, 11) is 0. The van der Waals surface area contributed by atoms with Crippen LogP contribution in [0.5, 0.6) is 0 Å². The molecule has 9 rings (SSSR count). The van der Waals surface area contributed by atoms with Gasteiger partial charge in [-0.3, -0.25) is 0 Å². The molecule has 3 aromatic carbocycles. The summed E-state index contributed by atoms with van der Waals surface area (Å²) in [6.45, 7) is 0. The molecule has 50 heavy (non-hydrogen) atoms. The van der Waals surface area contributed by atoms with E-state index in [-0.39, 0.29) is 0 Å². The van der Waals surface area contributed by atoms with Crippen LogP contribution in [-0.2, 0) is 0 Å². The maximum Gasteiger partial charge on any atom is 0.0604 e. The molecule has 2 nitrogen and oxygen atoms in total. The number of hydrogen-bond acceptors (Lipinski definition) is 2. The topological polar surface area (TPSA) is 6.48 Å². The lowest BCUT2D eigenvalue weighted by Crippen LogP contribution is -2.39. The number of hydrogen-bond donors (Lipinski definition) is 0. The predicted octanol–water partition coefficient (Wildman–Crippen LogP) is 11.5. The Hall–Kier alpha value is -5.34. The number of anilines is 1. The lowest BCUT2D eigenvalue weighted by atomic mass is 9.83. The van der Waals surface area contributed by atoms with Gasteiger partial charge in [0.15, 0.2) is 0 Å². The van der Waals surface area contributed by atoms with Crippen LogP contribution in [0.4, 0.5) is 5.69 Å². The van der Waals surface area contributed by atoms with Gasteiger partial charge in [0.25, 0.3) is 0 Å². The van der Waals surface area contributed by atoms with E-state index in [4.69, 9.17) is 0 Å². The number of rotatable bonds is 7. The number of para-hydroxylation sites is 1. The summed E-state index contributed by atoms with van der Waals surface area (Å²) in [6.07, 6.45) is 37.2. The number of likely N-dealkylation sites (tertiary alicyclic amines) is 1. The Balaban J connectivity index is 1.00. The van der Waals surface area contributed by atoms with E-state index < -0.39 is 0 Å². The molecule has 0 bridgehead atoms. The zero-order chi connectivity index (χ0) is 33.3. The van der Waals surface area contributed by atoms with Gasteiger partial charge in [0.1, 0.15) is 0 Å². The smallest absolute Gasteiger partial charge is 0.0604 e. The van der Waals surface area contributed by atoms with E-state index in [0.717, 1.165) is 38.5 Å². The molecule has 2 heteroatoms. The van der Waals surface area contributed by atoms with Crippen LogP contribution in [0, 0.1) is 0 Å². The van der Waals surface area contributed by atoms with Crippen LogP contribution in [0.2, 0.25) is 0 Å². The van der Waals surface area contributed by atoms with Crippen molar-refractivity contribution in [3.8, 4) is 0 Å². The van der Waals surface area contributed by atoms with Crippen molar-refractivity contribution >= 4 is 5.69 Å². The molecule has 4 atom stereocenters. The summed E-state index contributed by atoms with van der Waals surface area (Å²) in [4.78, 5) is 5.31. The lowest BCUT2D eigenvalue weighted by molar-refractivity contribution is 0.258. The fourth-order valence-corrected chi connectivity index (χ4v) is 8.90. The SMILES string of the molecule is C1=CCC2C(=C1)C1=CC=C(N(C3=CCC(c4ccccc4)C=C3)c3ccccc3)CC1N2C1=CC=C(C2=CC=CC(c3ccccc3)C2)CC1. The van der Waals surface area contributed by atoms with Crippen LogP contribution >= 0.6 is 0 Å². The molecular weight excluding hydrogens is 605 g/mol. The summed E-state index contributed by atoms with van der Waals surface area (Å²) >= 11 is 0. The van der Waals surface area contributed by atoms with Crippen molar-refractivity contribution in [3.05, 3.63) is 220 Å². The molecular formula is C48H44N2. The minimum Gasteiger partial charge on any atom is -0.360 e. The lowest BCUT2D eigenvalue weighted by Gasteiger charge is -2.39. The molecule has 0 spiro atoms. The van der Waals surface area contributed by atoms with Gasteiger partial charge in [-0.1, -0.05) is 140 Å². The molecule has 0 saturated carbocycles. The van der Waals surface area contributed by atoms with Gasteiger partial charge in [-0.25, -0.2) is 0 Å². The number of nitrogens with zero attached hydrogens (tertiary/aromatic N) is 2. The first-order chi connectivity index (χ1) is 24.8. The van der Waals surface area contributed by atoms with Gasteiger partial charge in [-0.05, 0) is 95.9 Å². The Labute approximate surface area is 297 Å². The van der Waals surface area contributed by atoms with E-state index in [9.17, 15) is 0 Å². The fourth-order valence-electron chi connectivity index (χ4n) is 8.90. The second-order valence-corrected chi connectivity index (χ2v) is 14.3. The molecule has 6 aliphatic rings. The van der Waals surface area contributed by atoms with Crippen molar-refractivity contribution in [3.63, 3.8) is 0 Å². The molecule has 246 valence electrons. The number of allylic oxidation sites excluding steroid dienone is 15. The number of benzene rings is 3. The highest BCUT2D eigenvalue weighted by atomic mass is 15.2. The van der Waals surface area contributed by atoms with Crippen LogP contribution in [0.3, 0.4) is 0 Å². The summed E-state index contributed by atoms with van der Waals surface area (Å²) in [5.74, 6) is 0.868. The van der Waals surface area contributed by atoms with E-state index in [2.05, 4.69) is 180 Å². The Bertz CT molecular complexity index is 2060. The highest BCUT2D eigenvalue weighted by molar-refractivity contribution is 5.64. The molecule has 0 N–H and O–H groups in total. The van der Waals surface area contributed by atoms with E-state index in [1.54, 1.807) is 0 Å². The van der Waals surface area contributed by atoms with Crippen molar-refractivity contribution in [2.75, 3.05) is 4.90 Å². The summed E-state index contributed by atoms with van der Waals surface area (Å²) in [5.41, 5.74) is 14.1. The average molecular weight is 649 g/mol. The van der Waals surface area contributed by atoms with E-state index >= 15 is 0 Å². The van der Waals surface area contributed by atoms with Crippen LogP contribution in [0.15, 0.2) is 209 Å². The van der Waals surface area contributed by atoms with Crippen molar-refractivity contribution in [2.45, 2.75) is 62.4 Å². The Morgan fingerprint density at radius 1 is 0.560 bits per heavy atom. The second-order valence-electron chi connectivity index (χ2n) is 14.3. The molecule has 4 unspecified atom stereocenters. The summed E-state index contributed by atoms with van der Waals surface area (Å²) in [6, 6.07) is 33.5. The van der Waals surface area contributed by atoms with E-state index in [1.807, 2.05) is 0 Å². The molecule has 3 aromatic rings. The molecule has 1 aliphatic heterocycles. The van der Waals surface area contributed by atoms with E-state index in [1.165, 1.54) is 56.2 Å². The first-order valence-corrected chi connectivity index (χ1v) is 18.5. The molecule has 0 amide bonds. The monoisotopic (exact) mass is 648 g/mol. The minimum atomic E-state index is 0.322. The fraction of sp³-hybridized carbons (Fsp3) is 0.208. The van der Waals surface area contributed by atoms with Crippen LogP contribution < -0.4 is 4.90 Å². The van der Waals surface area contributed by atoms with Gasteiger partial charge in [-0.15, -0.1) is 0 Å². The Morgan fingerprint density at radius 3 is 2.02 bits per heavy atom. The highest BCUT2D eigenvalue weighted by Gasteiger charge is 2.44. The highest BCUT2D eigenvalue weighted by Crippen LogP contribution is 2.48. The molecule has 5 aliphatic carbocycles. The largest absolute Gasteiger partial charge is 0.360 e. The van der Waals surface area contributed by atoms with Gasteiger partial charge >= 0.3 is 0 Å². The maximum absolute atomic E-state index is 2.79. The minimum absolute atomic E-state index is 0.322. The van der Waals surface area contributed by atoms with Gasteiger partial charge < -0.3 is 9.80 Å². The summed E-state index contributed by atoms with van der Waals surface area (Å²) in [5, 5.41) is 0. The Kier molecular flexibility index (Phi) is 8.30. The quantitative estimate of drug-likeness (QED) is 0.252. The van der Waals surface area contributed by atoms with Crippen molar-refractivity contribution in [1.82, 2.24) is 4.90 Å². The van der Waals surface area contributed by atoms with Gasteiger partial charge in [0.2, 0.25) is 0 Å². The molecule has 1 fully saturated rings. The van der Waals surface area contributed by atoms with Crippen LogP contribution in [-0.4, -0.2) is 17.0 Å². The zero-order valence-corrected chi connectivity index (χ0v) is 28.6. The first-order valence-electron chi connectivity index (χ1n) is 18.5. The molecule has 1 heterocycles. The number of fused-ring (bicyclic) bond motifs is 3. The predicted molar refractivity (Wildman–Crippen MR) is 208 cm³/mol. The molecule has 0 radical (unpaired) electrons. The van der Waals surface area contributed by atoms with E-state index in [0.29, 0.717) is 23.9 Å². The normalized spacial score (nSPS) is 25.3. The third-order valence-electron chi connectivity index (χ3n) is 11.4. The summed E-state index contributed by atoms with van der Waals surface area (Å²) < 4.78 is 0. The third-order valence-corrected chi connectivity index (χ3v) is 11.4.